The molecule has 2 fully saturated rings. The normalized spacial score (nSPS) is 33.3. The SMILES string of the molecule is O=C1c2ccccc2C(=O)N1[C@@H]1C[C@@H]2CC[C@H]1C2. The summed E-state index contributed by atoms with van der Waals surface area (Å²) in [7, 11) is 0. The van der Waals surface area contributed by atoms with Gasteiger partial charge in [0.2, 0.25) is 0 Å². The number of imide groups is 1. The molecule has 0 saturated heterocycles. The quantitative estimate of drug-likeness (QED) is 0.708. The van der Waals surface area contributed by atoms with Gasteiger partial charge in [-0.2, -0.15) is 0 Å². The van der Waals surface area contributed by atoms with E-state index in [9.17, 15) is 9.59 Å². The van der Waals surface area contributed by atoms with E-state index in [1.54, 1.807) is 17.0 Å². The number of hydrogen-bond donors (Lipinski definition) is 0. The van der Waals surface area contributed by atoms with Crippen LogP contribution < -0.4 is 0 Å². The van der Waals surface area contributed by atoms with E-state index in [1.807, 2.05) is 12.1 Å². The summed E-state index contributed by atoms with van der Waals surface area (Å²) in [6, 6.07) is 7.35. The molecule has 3 atom stereocenters. The Kier molecular flexibility index (Phi) is 1.97. The number of fused-ring (bicyclic) bond motifs is 3. The van der Waals surface area contributed by atoms with Crippen LogP contribution in [0.1, 0.15) is 46.4 Å². The number of amides is 2. The summed E-state index contributed by atoms with van der Waals surface area (Å²) in [5.74, 6) is 1.14. The lowest BCUT2D eigenvalue weighted by Crippen LogP contribution is -2.42. The highest BCUT2D eigenvalue weighted by molar-refractivity contribution is 6.21. The minimum atomic E-state index is -0.0758. The minimum absolute atomic E-state index is 0.0758. The van der Waals surface area contributed by atoms with Crippen LogP contribution in [0.15, 0.2) is 24.3 Å². The van der Waals surface area contributed by atoms with E-state index >= 15 is 0 Å². The van der Waals surface area contributed by atoms with E-state index < -0.39 is 0 Å². The molecular weight excluding hydrogens is 226 g/mol. The molecule has 3 aliphatic rings. The molecule has 1 aromatic carbocycles. The highest BCUT2D eigenvalue weighted by Crippen LogP contribution is 2.48. The van der Waals surface area contributed by atoms with Gasteiger partial charge in [0, 0.05) is 6.04 Å². The molecule has 1 heterocycles. The Bertz CT molecular complexity index is 516. The Morgan fingerprint density at radius 3 is 2.11 bits per heavy atom. The summed E-state index contributed by atoms with van der Waals surface area (Å²) < 4.78 is 0. The number of carbonyl (C=O) groups is 2. The van der Waals surface area contributed by atoms with Crippen molar-refractivity contribution in [1.29, 1.82) is 0 Å². The predicted molar refractivity (Wildman–Crippen MR) is 66.2 cm³/mol. The van der Waals surface area contributed by atoms with Gasteiger partial charge >= 0.3 is 0 Å². The third-order valence-corrected chi connectivity index (χ3v) is 4.86. The molecule has 2 amide bonds. The van der Waals surface area contributed by atoms with E-state index in [1.165, 1.54) is 19.3 Å². The van der Waals surface area contributed by atoms with Gasteiger partial charge < -0.3 is 0 Å². The molecule has 1 aromatic rings. The van der Waals surface area contributed by atoms with Crippen molar-refractivity contribution in [2.24, 2.45) is 11.8 Å². The van der Waals surface area contributed by atoms with Gasteiger partial charge in [0.05, 0.1) is 11.1 Å². The molecule has 0 unspecified atom stereocenters. The topological polar surface area (TPSA) is 37.4 Å². The van der Waals surface area contributed by atoms with E-state index in [2.05, 4.69) is 0 Å². The van der Waals surface area contributed by atoms with Gasteiger partial charge in [-0.1, -0.05) is 18.6 Å². The van der Waals surface area contributed by atoms with Gasteiger partial charge in [-0.3, -0.25) is 14.5 Å². The molecule has 2 aliphatic carbocycles. The molecule has 4 rings (SSSR count). The first-order valence-electron chi connectivity index (χ1n) is 6.72. The highest BCUT2D eigenvalue weighted by atomic mass is 16.2. The van der Waals surface area contributed by atoms with Crippen LogP contribution in [0, 0.1) is 11.8 Å². The van der Waals surface area contributed by atoms with Crippen molar-refractivity contribution in [3.05, 3.63) is 35.4 Å². The molecule has 18 heavy (non-hydrogen) atoms. The van der Waals surface area contributed by atoms with Crippen LogP contribution in [0.5, 0.6) is 0 Å². The summed E-state index contributed by atoms with van der Waals surface area (Å²) in [4.78, 5) is 26.3. The van der Waals surface area contributed by atoms with E-state index in [4.69, 9.17) is 0 Å². The van der Waals surface area contributed by atoms with Crippen LogP contribution in [0.3, 0.4) is 0 Å². The van der Waals surface area contributed by atoms with Crippen molar-refractivity contribution < 1.29 is 9.59 Å². The zero-order chi connectivity index (χ0) is 12.3. The second-order valence-corrected chi connectivity index (χ2v) is 5.77. The largest absolute Gasteiger partial charge is 0.271 e. The third kappa shape index (κ3) is 1.19. The molecule has 2 saturated carbocycles. The molecule has 0 radical (unpaired) electrons. The van der Waals surface area contributed by atoms with Crippen LogP contribution in [0.4, 0.5) is 0 Å². The first kappa shape index (κ1) is 10.3. The van der Waals surface area contributed by atoms with Crippen molar-refractivity contribution in [2.45, 2.75) is 31.7 Å². The van der Waals surface area contributed by atoms with Crippen LogP contribution >= 0.6 is 0 Å². The maximum Gasteiger partial charge on any atom is 0.261 e. The van der Waals surface area contributed by atoms with Gasteiger partial charge in [0.1, 0.15) is 0 Å². The number of carbonyl (C=O) groups excluding carboxylic acids is 2. The number of nitrogens with zero attached hydrogens (tertiary/aromatic N) is 1. The summed E-state index contributed by atoms with van der Waals surface area (Å²) in [5, 5.41) is 0. The predicted octanol–water partition coefficient (Wildman–Crippen LogP) is 2.47. The van der Waals surface area contributed by atoms with E-state index in [-0.39, 0.29) is 17.9 Å². The lowest BCUT2D eigenvalue weighted by atomic mass is 9.94. The lowest BCUT2D eigenvalue weighted by Gasteiger charge is -2.29. The Morgan fingerprint density at radius 2 is 1.61 bits per heavy atom. The summed E-state index contributed by atoms with van der Waals surface area (Å²) >= 11 is 0. The minimum Gasteiger partial charge on any atom is -0.271 e. The van der Waals surface area contributed by atoms with Gasteiger partial charge in [0.25, 0.3) is 11.8 Å². The first-order chi connectivity index (χ1) is 8.75. The highest BCUT2D eigenvalue weighted by Gasteiger charge is 2.49. The molecule has 92 valence electrons. The van der Waals surface area contributed by atoms with Crippen LogP contribution in [-0.4, -0.2) is 22.8 Å². The molecule has 2 bridgehead atoms. The van der Waals surface area contributed by atoms with Gasteiger partial charge in [0.15, 0.2) is 0 Å². The second kappa shape index (κ2) is 3.44. The van der Waals surface area contributed by atoms with Gasteiger partial charge in [-0.15, -0.1) is 0 Å². The molecule has 3 nitrogen and oxygen atoms in total. The average molecular weight is 241 g/mol. The molecule has 3 heteroatoms. The Morgan fingerprint density at radius 1 is 0.944 bits per heavy atom. The monoisotopic (exact) mass is 241 g/mol. The van der Waals surface area contributed by atoms with Crippen molar-refractivity contribution in [2.75, 3.05) is 0 Å². The standard InChI is InChI=1S/C15H15NO2/c17-14-11-3-1-2-4-12(11)15(18)16(14)13-8-9-5-6-10(13)7-9/h1-4,9-10,13H,5-8H2/t9-,10+,13-/m1/s1. The fraction of sp³-hybridized carbons (Fsp3) is 0.467. The number of rotatable bonds is 1. The second-order valence-electron chi connectivity index (χ2n) is 5.77. The van der Waals surface area contributed by atoms with Crippen molar-refractivity contribution in [3.8, 4) is 0 Å². The molecular formula is C15H15NO2. The summed E-state index contributed by atoms with van der Waals surface area (Å²) in [6.45, 7) is 0. The van der Waals surface area contributed by atoms with Crippen LogP contribution in [-0.2, 0) is 0 Å². The van der Waals surface area contributed by atoms with Crippen molar-refractivity contribution in [1.82, 2.24) is 4.90 Å². The van der Waals surface area contributed by atoms with Gasteiger partial charge in [-0.25, -0.2) is 0 Å². The maximum atomic E-state index is 12.4. The summed E-state index contributed by atoms with van der Waals surface area (Å²) in [5.41, 5.74) is 1.18. The molecule has 0 N–H and O–H groups in total. The zero-order valence-corrected chi connectivity index (χ0v) is 10.1. The maximum absolute atomic E-state index is 12.4. The molecule has 1 aliphatic heterocycles. The number of benzene rings is 1. The van der Waals surface area contributed by atoms with E-state index in [0.29, 0.717) is 17.0 Å². The Hall–Kier alpha value is -1.64. The third-order valence-electron chi connectivity index (χ3n) is 4.86. The van der Waals surface area contributed by atoms with E-state index in [0.717, 1.165) is 12.3 Å². The first-order valence-corrected chi connectivity index (χ1v) is 6.72. The Labute approximate surface area is 106 Å². The fourth-order valence-corrected chi connectivity index (χ4v) is 4.04. The average Bonchev–Trinajstić information content (AvgIpc) is 3.06. The molecule has 0 spiro atoms. The van der Waals surface area contributed by atoms with Gasteiger partial charge in [-0.05, 0) is 43.2 Å². The van der Waals surface area contributed by atoms with Crippen LogP contribution in [0.25, 0.3) is 0 Å². The van der Waals surface area contributed by atoms with Crippen molar-refractivity contribution in [3.63, 3.8) is 0 Å². The molecule has 0 aromatic heterocycles. The zero-order valence-electron chi connectivity index (χ0n) is 10.1. The number of hydrogen-bond acceptors (Lipinski definition) is 2. The summed E-state index contributed by atoms with van der Waals surface area (Å²) in [6.07, 6.45) is 4.70. The van der Waals surface area contributed by atoms with Crippen LogP contribution in [0.2, 0.25) is 0 Å². The fourth-order valence-electron chi connectivity index (χ4n) is 4.04. The van der Waals surface area contributed by atoms with Crippen molar-refractivity contribution >= 4 is 11.8 Å². The Balaban J connectivity index is 1.72. The smallest absolute Gasteiger partial charge is 0.261 e. The lowest BCUT2D eigenvalue weighted by molar-refractivity contribution is 0.0530.